The Bertz CT molecular complexity index is 589. The summed E-state index contributed by atoms with van der Waals surface area (Å²) in [6, 6.07) is 9.86. The molecule has 21 heavy (non-hydrogen) atoms. The van der Waals surface area contributed by atoms with E-state index in [4.69, 9.17) is 4.52 Å². The predicted octanol–water partition coefficient (Wildman–Crippen LogP) is 3.09. The second kappa shape index (κ2) is 6.52. The van der Waals surface area contributed by atoms with Crippen LogP contribution in [0.1, 0.15) is 44.0 Å². The monoisotopic (exact) mass is 288 g/mol. The molecule has 1 aromatic carbocycles. The van der Waals surface area contributed by atoms with Crippen molar-refractivity contribution in [2.45, 2.75) is 39.5 Å². The molecule has 0 saturated carbocycles. The Morgan fingerprint density at radius 1 is 1.24 bits per heavy atom. The number of carboxylic acids is 1. The number of nitrogens with zero attached hydrogens (tertiary/aromatic N) is 2. The molecule has 5 nitrogen and oxygen atoms in total. The lowest BCUT2D eigenvalue weighted by molar-refractivity contribution is -0.149. The SMILES string of the molecule is CCC(CC)(Cc1nc(Cc2ccccc2)no1)C(=O)O. The van der Waals surface area contributed by atoms with E-state index in [0.717, 1.165) is 5.56 Å². The van der Waals surface area contributed by atoms with Crippen LogP contribution in [0, 0.1) is 5.41 Å². The highest BCUT2D eigenvalue weighted by molar-refractivity contribution is 5.74. The van der Waals surface area contributed by atoms with Crippen LogP contribution in [0.25, 0.3) is 0 Å². The highest BCUT2D eigenvalue weighted by Gasteiger charge is 2.37. The number of aliphatic carboxylic acids is 1. The third-order valence-corrected chi connectivity index (χ3v) is 4.01. The van der Waals surface area contributed by atoms with E-state index in [1.807, 2.05) is 44.2 Å². The summed E-state index contributed by atoms with van der Waals surface area (Å²) in [5.74, 6) is 0.171. The van der Waals surface area contributed by atoms with Crippen LogP contribution in [0.5, 0.6) is 0 Å². The van der Waals surface area contributed by atoms with Gasteiger partial charge in [-0.25, -0.2) is 0 Å². The van der Waals surface area contributed by atoms with Gasteiger partial charge in [-0.3, -0.25) is 4.79 Å². The highest BCUT2D eigenvalue weighted by atomic mass is 16.5. The van der Waals surface area contributed by atoms with Gasteiger partial charge < -0.3 is 9.63 Å². The molecule has 0 atom stereocenters. The molecule has 0 saturated heterocycles. The summed E-state index contributed by atoms with van der Waals surface area (Å²) in [6.45, 7) is 3.75. The van der Waals surface area contributed by atoms with Crippen LogP contribution in [-0.2, 0) is 17.6 Å². The lowest BCUT2D eigenvalue weighted by atomic mass is 9.79. The van der Waals surface area contributed by atoms with E-state index in [2.05, 4.69) is 10.1 Å². The van der Waals surface area contributed by atoms with E-state index >= 15 is 0 Å². The number of hydrogen-bond donors (Lipinski definition) is 1. The minimum Gasteiger partial charge on any atom is -0.481 e. The van der Waals surface area contributed by atoms with Crippen LogP contribution in [0.2, 0.25) is 0 Å². The minimum absolute atomic E-state index is 0.275. The van der Waals surface area contributed by atoms with E-state index in [0.29, 0.717) is 31.0 Å². The zero-order valence-corrected chi connectivity index (χ0v) is 12.4. The molecule has 0 aliphatic rings. The van der Waals surface area contributed by atoms with Gasteiger partial charge in [-0.15, -0.1) is 0 Å². The number of aromatic nitrogens is 2. The van der Waals surface area contributed by atoms with E-state index in [1.54, 1.807) is 0 Å². The van der Waals surface area contributed by atoms with Crippen LogP contribution in [0.15, 0.2) is 34.9 Å². The number of carbonyl (C=O) groups is 1. The molecule has 0 spiro atoms. The molecule has 1 aromatic heterocycles. The van der Waals surface area contributed by atoms with Gasteiger partial charge in [-0.2, -0.15) is 4.98 Å². The number of benzene rings is 1. The normalized spacial score (nSPS) is 11.5. The summed E-state index contributed by atoms with van der Waals surface area (Å²) in [7, 11) is 0. The average molecular weight is 288 g/mol. The topological polar surface area (TPSA) is 76.2 Å². The van der Waals surface area contributed by atoms with Crippen molar-refractivity contribution in [2.75, 3.05) is 0 Å². The first-order chi connectivity index (χ1) is 10.1. The van der Waals surface area contributed by atoms with Gasteiger partial charge in [0.1, 0.15) is 0 Å². The Hall–Kier alpha value is -2.17. The molecule has 0 aliphatic carbocycles. The fraction of sp³-hybridized carbons (Fsp3) is 0.438. The fourth-order valence-corrected chi connectivity index (χ4v) is 2.38. The van der Waals surface area contributed by atoms with Crippen LogP contribution in [0.4, 0.5) is 0 Å². The van der Waals surface area contributed by atoms with Crippen LogP contribution >= 0.6 is 0 Å². The standard InChI is InChI=1S/C16H20N2O3/c1-3-16(4-2,15(19)20)11-14-17-13(18-21-14)10-12-8-6-5-7-9-12/h5-9H,3-4,10-11H2,1-2H3,(H,19,20). The predicted molar refractivity (Wildman–Crippen MR) is 77.9 cm³/mol. The van der Waals surface area contributed by atoms with Gasteiger partial charge in [0.2, 0.25) is 5.89 Å². The minimum atomic E-state index is -0.823. The maximum absolute atomic E-state index is 11.5. The second-order valence-electron chi connectivity index (χ2n) is 5.24. The van der Waals surface area contributed by atoms with Crippen molar-refractivity contribution >= 4 is 5.97 Å². The average Bonchev–Trinajstić information content (AvgIpc) is 2.92. The Morgan fingerprint density at radius 2 is 1.90 bits per heavy atom. The largest absolute Gasteiger partial charge is 0.481 e. The number of hydrogen-bond acceptors (Lipinski definition) is 4. The maximum atomic E-state index is 11.5. The summed E-state index contributed by atoms with van der Waals surface area (Å²) >= 11 is 0. The number of carboxylic acid groups (broad SMARTS) is 1. The third-order valence-electron chi connectivity index (χ3n) is 4.01. The Kier molecular flexibility index (Phi) is 4.73. The highest BCUT2D eigenvalue weighted by Crippen LogP contribution is 2.30. The zero-order valence-electron chi connectivity index (χ0n) is 12.4. The quantitative estimate of drug-likeness (QED) is 0.847. The molecule has 0 aliphatic heterocycles. The van der Waals surface area contributed by atoms with Crippen molar-refractivity contribution < 1.29 is 14.4 Å². The van der Waals surface area contributed by atoms with Gasteiger partial charge >= 0.3 is 5.97 Å². The molecule has 2 rings (SSSR count). The van der Waals surface area contributed by atoms with Gasteiger partial charge in [0, 0.05) is 12.8 Å². The first-order valence-electron chi connectivity index (χ1n) is 7.18. The summed E-state index contributed by atoms with van der Waals surface area (Å²) in [4.78, 5) is 15.8. The summed E-state index contributed by atoms with van der Waals surface area (Å²) in [5.41, 5.74) is 0.275. The molecule has 0 radical (unpaired) electrons. The summed E-state index contributed by atoms with van der Waals surface area (Å²) < 4.78 is 5.22. The molecule has 0 bridgehead atoms. The van der Waals surface area contributed by atoms with E-state index in [1.165, 1.54) is 0 Å². The molecular formula is C16H20N2O3. The summed E-state index contributed by atoms with van der Waals surface area (Å²) in [6.07, 6.45) is 1.93. The maximum Gasteiger partial charge on any atom is 0.310 e. The van der Waals surface area contributed by atoms with Gasteiger partial charge in [0.05, 0.1) is 5.41 Å². The Morgan fingerprint density at radius 3 is 2.48 bits per heavy atom. The van der Waals surface area contributed by atoms with Crippen LogP contribution < -0.4 is 0 Å². The zero-order chi connectivity index (χ0) is 15.3. The molecule has 5 heteroatoms. The number of rotatable bonds is 7. The van der Waals surface area contributed by atoms with Crippen molar-refractivity contribution in [2.24, 2.45) is 5.41 Å². The van der Waals surface area contributed by atoms with Crippen molar-refractivity contribution in [3.8, 4) is 0 Å². The molecule has 1 heterocycles. The third kappa shape index (κ3) is 3.48. The summed E-state index contributed by atoms with van der Waals surface area (Å²) in [5, 5.41) is 13.4. The molecular weight excluding hydrogens is 268 g/mol. The van der Waals surface area contributed by atoms with E-state index < -0.39 is 11.4 Å². The van der Waals surface area contributed by atoms with Crippen LogP contribution in [-0.4, -0.2) is 21.2 Å². The second-order valence-corrected chi connectivity index (χ2v) is 5.24. The van der Waals surface area contributed by atoms with Crippen molar-refractivity contribution in [1.82, 2.24) is 10.1 Å². The van der Waals surface area contributed by atoms with Crippen molar-refractivity contribution in [1.29, 1.82) is 0 Å². The first-order valence-corrected chi connectivity index (χ1v) is 7.18. The molecule has 0 fully saturated rings. The van der Waals surface area contributed by atoms with Crippen molar-refractivity contribution in [3.63, 3.8) is 0 Å². The van der Waals surface area contributed by atoms with Gasteiger partial charge in [-0.05, 0) is 18.4 Å². The van der Waals surface area contributed by atoms with E-state index in [-0.39, 0.29) is 6.42 Å². The van der Waals surface area contributed by atoms with Gasteiger partial charge in [0.15, 0.2) is 5.82 Å². The fourth-order valence-electron chi connectivity index (χ4n) is 2.38. The Balaban J connectivity index is 2.11. The van der Waals surface area contributed by atoms with Gasteiger partial charge in [-0.1, -0.05) is 49.3 Å². The lowest BCUT2D eigenvalue weighted by Gasteiger charge is -2.24. The van der Waals surface area contributed by atoms with E-state index in [9.17, 15) is 9.90 Å². The molecule has 0 amide bonds. The first kappa shape index (κ1) is 15.2. The smallest absolute Gasteiger partial charge is 0.310 e. The van der Waals surface area contributed by atoms with Crippen LogP contribution in [0.3, 0.4) is 0 Å². The molecule has 0 unspecified atom stereocenters. The Labute approximate surface area is 124 Å². The van der Waals surface area contributed by atoms with Gasteiger partial charge in [0.25, 0.3) is 0 Å². The molecule has 112 valence electrons. The van der Waals surface area contributed by atoms with Crippen molar-refractivity contribution in [3.05, 3.63) is 47.6 Å². The lowest BCUT2D eigenvalue weighted by Crippen LogP contribution is -2.32. The molecule has 2 aromatic rings. The molecule has 1 N–H and O–H groups in total.